The van der Waals surface area contributed by atoms with E-state index in [0.29, 0.717) is 22.6 Å². The molecular weight excluding hydrogens is 282 g/mol. The van der Waals surface area contributed by atoms with Crippen molar-refractivity contribution in [3.63, 3.8) is 0 Å². The molecule has 0 radical (unpaired) electrons. The average Bonchev–Trinajstić information content (AvgIpc) is 2.96. The third-order valence-electron chi connectivity index (χ3n) is 3.22. The van der Waals surface area contributed by atoms with Crippen LogP contribution in [0.25, 0.3) is 11.1 Å². The lowest BCUT2D eigenvalue weighted by Gasteiger charge is -2.09. The fourth-order valence-electron chi connectivity index (χ4n) is 2.06. The van der Waals surface area contributed by atoms with Gasteiger partial charge in [-0.25, -0.2) is 9.78 Å². The van der Waals surface area contributed by atoms with E-state index >= 15 is 0 Å². The van der Waals surface area contributed by atoms with Gasteiger partial charge in [-0.1, -0.05) is 12.1 Å². The lowest BCUT2D eigenvalue weighted by atomic mass is 10.1. The summed E-state index contributed by atoms with van der Waals surface area (Å²) >= 11 is 0. The topological polar surface area (TPSA) is 61.6 Å². The molecule has 2 aromatic carbocycles. The average molecular weight is 297 g/mol. The zero-order chi connectivity index (χ0) is 15.5. The summed E-state index contributed by atoms with van der Waals surface area (Å²) in [5, 5.41) is 0. The Bertz CT molecular complexity index is 822. The van der Waals surface area contributed by atoms with E-state index in [1.165, 1.54) is 6.39 Å². The van der Waals surface area contributed by atoms with Crippen LogP contribution in [0.15, 0.2) is 47.2 Å². The first kappa shape index (κ1) is 14.1. The van der Waals surface area contributed by atoms with Crippen molar-refractivity contribution >= 4 is 17.1 Å². The lowest BCUT2D eigenvalue weighted by Crippen LogP contribution is -2.18. The van der Waals surface area contributed by atoms with E-state index in [1.807, 2.05) is 32.0 Å². The number of ether oxygens (including phenoxy) is 2. The predicted molar refractivity (Wildman–Crippen MR) is 81.1 cm³/mol. The summed E-state index contributed by atoms with van der Waals surface area (Å²) in [7, 11) is 0. The van der Waals surface area contributed by atoms with Gasteiger partial charge in [-0.2, -0.15) is 0 Å². The number of hydrogen-bond donors (Lipinski definition) is 0. The zero-order valence-electron chi connectivity index (χ0n) is 12.3. The van der Waals surface area contributed by atoms with Crippen LogP contribution in [0.1, 0.15) is 11.1 Å². The second-order valence-corrected chi connectivity index (χ2v) is 5.01. The highest BCUT2D eigenvalue weighted by molar-refractivity contribution is 5.78. The van der Waals surface area contributed by atoms with Crippen molar-refractivity contribution in [3.05, 3.63) is 53.9 Å². The second kappa shape index (κ2) is 5.89. The van der Waals surface area contributed by atoms with E-state index in [2.05, 4.69) is 4.98 Å². The Labute approximate surface area is 127 Å². The highest BCUT2D eigenvalue weighted by Gasteiger charge is 2.09. The Morgan fingerprint density at radius 2 is 2.05 bits per heavy atom. The molecule has 0 aliphatic carbocycles. The van der Waals surface area contributed by atoms with Crippen molar-refractivity contribution in [1.82, 2.24) is 4.98 Å². The number of rotatable bonds is 4. The molecule has 0 fully saturated rings. The molecule has 3 rings (SSSR count). The first-order valence-corrected chi connectivity index (χ1v) is 6.86. The van der Waals surface area contributed by atoms with Gasteiger partial charge in [0.2, 0.25) is 0 Å². The number of aryl methyl sites for hydroxylation is 2. The molecule has 0 saturated heterocycles. The molecule has 0 saturated carbocycles. The smallest absolute Gasteiger partial charge is 0.349 e. The highest BCUT2D eigenvalue weighted by atomic mass is 16.6. The minimum Gasteiger partial charge on any atom is -0.482 e. The van der Waals surface area contributed by atoms with Crippen LogP contribution in [0, 0.1) is 13.8 Å². The van der Waals surface area contributed by atoms with Crippen LogP contribution < -0.4 is 9.47 Å². The number of esters is 1. The molecule has 0 aliphatic heterocycles. The fourth-order valence-corrected chi connectivity index (χ4v) is 2.06. The first-order valence-electron chi connectivity index (χ1n) is 6.86. The molecule has 0 unspecified atom stereocenters. The van der Waals surface area contributed by atoms with Gasteiger partial charge in [-0.3, -0.25) is 0 Å². The van der Waals surface area contributed by atoms with Crippen molar-refractivity contribution in [2.75, 3.05) is 6.61 Å². The minimum absolute atomic E-state index is 0.152. The fraction of sp³-hybridized carbons (Fsp3) is 0.176. The van der Waals surface area contributed by atoms with Crippen LogP contribution in [0.3, 0.4) is 0 Å². The van der Waals surface area contributed by atoms with Crippen LogP contribution in [0.4, 0.5) is 0 Å². The highest BCUT2D eigenvalue weighted by Crippen LogP contribution is 2.21. The summed E-state index contributed by atoms with van der Waals surface area (Å²) in [5.74, 6) is 0.628. The van der Waals surface area contributed by atoms with Gasteiger partial charge in [-0.15, -0.1) is 0 Å². The molecule has 0 N–H and O–H groups in total. The van der Waals surface area contributed by atoms with Crippen LogP contribution in [0.5, 0.6) is 11.5 Å². The zero-order valence-corrected chi connectivity index (χ0v) is 12.3. The Hall–Kier alpha value is -2.82. The molecule has 0 spiro atoms. The van der Waals surface area contributed by atoms with Crippen molar-refractivity contribution in [2.24, 2.45) is 0 Å². The largest absolute Gasteiger partial charge is 0.482 e. The molecule has 0 amide bonds. The van der Waals surface area contributed by atoms with E-state index in [0.717, 1.165) is 11.1 Å². The second-order valence-electron chi connectivity index (χ2n) is 5.01. The normalized spacial score (nSPS) is 10.6. The van der Waals surface area contributed by atoms with E-state index in [4.69, 9.17) is 13.9 Å². The van der Waals surface area contributed by atoms with E-state index in [-0.39, 0.29) is 6.61 Å². The van der Waals surface area contributed by atoms with Crippen LogP contribution in [-0.4, -0.2) is 17.6 Å². The molecule has 1 aromatic heterocycles. The molecule has 0 bridgehead atoms. The summed E-state index contributed by atoms with van der Waals surface area (Å²) in [6, 6.07) is 10.8. The van der Waals surface area contributed by atoms with Crippen LogP contribution >= 0.6 is 0 Å². The molecule has 22 heavy (non-hydrogen) atoms. The molecule has 1 heterocycles. The third kappa shape index (κ3) is 3.09. The lowest BCUT2D eigenvalue weighted by molar-refractivity contribution is -0.136. The summed E-state index contributed by atoms with van der Waals surface area (Å²) in [6.45, 7) is 3.75. The van der Waals surface area contributed by atoms with Gasteiger partial charge >= 0.3 is 5.97 Å². The maximum absolute atomic E-state index is 11.9. The number of oxazole rings is 1. The Kier molecular flexibility index (Phi) is 3.78. The molecule has 0 aliphatic rings. The van der Waals surface area contributed by atoms with Crippen molar-refractivity contribution < 1.29 is 18.7 Å². The number of nitrogens with zero attached hydrogens (tertiary/aromatic N) is 1. The minimum atomic E-state index is -0.469. The molecule has 5 heteroatoms. The number of carbonyl (C=O) groups excluding carboxylic acids is 1. The molecule has 0 atom stereocenters. The van der Waals surface area contributed by atoms with E-state index in [9.17, 15) is 4.79 Å². The maximum Gasteiger partial charge on any atom is 0.349 e. The Morgan fingerprint density at radius 1 is 1.18 bits per heavy atom. The monoisotopic (exact) mass is 297 g/mol. The van der Waals surface area contributed by atoms with Gasteiger partial charge in [0.15, 0.2) is 18.6 Å². The van der Waals surface area contributed by atoms with Gasteiger partial charge in [0.05, 0.1) is 0 Å². The summed E-state index contributed by atoms with van der Waals surface area (Å²) in [4.78, 5) is 15.9. The number of aromatic nitrogens is 1. The van der Waals surface area contributed by atoms with Crippen molar-refractivity contribution in [1.29, 1.82) is 0 Å². The summed E-state index contributed by atoms with van der Waals surface area (Å²) in [6.07, 6.45) is 1.35. The Balaban J connectivity index is 1.63. The summed E-state index contributed by atoms with van der Waals surface area (Å²) in [5.41, 5.74) is 3.33. The first-order chi connectivity index (χ1) is 10.6. The van der Waals surface area contributed by atoms with Gasteiger partial charge in [-0.05, 0) is 43.2 Å². The van der Waals surface area contributed by atoms with E-state index in [1.54, 1.807) is 18.2 Å². The van der Waals surface area contributed by atoms with Crippen molar-refractivity contribution in [2.45, 2.75) is 13.8 Å². The molecule has 5 nitrogen and oxygen atoms in total. The Morgan fingerprint density at radius 3 is 2.91 bits per heavy atom. The molecule has 3 aromatic rings. The maximum atomic E-state index is 11.9. The van der Waals surface area contributed by atoms with Crippen molar-refractivity contribution in [3.8, 4) is 11.5 Å². The molecular formula is C17H15NO4. The quantitative estimate of drug-likeness (QED) is 0.545. The van der Waals surface area contributed by atoms with Gasteiger partial charge in [0.25, 0.3) is 0 Å². The van der Waals surface area contributed by atoms with Gasteiger partial charge < -0.3 is 13.9 Å². The van der Waals surface area contributed by atoms with Crippen LogP contribution in [0.2, 0.25) is 0 Å². The third-order valence-corrected chi connectivity index (χ3v) is 3.22. The SMILES string of the molecule is Cc1ccc(C)c(OCC(=O)Oc2ccc3ocnc3c2)c1. The predicted octanol–water partition coefficient (Wildman–Crippen LogP) is 3.43. The number of hydrogen-bond acceptors (Lipinski definition) is 5. The van der Waals surface area contributed by atoms with Gasteiger partial charge in [0.1, 0.15) is 17.0 Å². The van der Waals surface area contributed by atoms with Gasteiger partial charge in [0, 0.05) is 6.07 Å². The number of carbonyl (C=O) groups is 1. The molecule has 112 valence electrons. The standard InChI is InChI=1S/C17H15NO4/c1-11-3-4-12(2)16(7-11)20-9-17(19)22-13-5-6-15-14(8-13)18-10-21-15/h3-8,10H,9H2,1-2H3. The number of benzene rings is 2. The van der Waals surface area contributed by atoms with E-state index < -0.39 is 5.97 Å². The summed E-state index contributed by atoms with van der Waals surface area (Å²) < 4.78 is 15.9. The number of fused-ring (bicyclic) bond motifs is 1. The van der Waals surface area contributed by atoms with Crippen LogP contribution in [-0.2, 0) is 4.79 Å².